The molecule has 18 heavy (non-hydrogen) atoms. The third-order valence-electron chi connectivity index (χ3n) is 3.14. The van der Waals surface area contributed by atoms with Gasteiger partial charge in [0.1, 0.15) is 0 Å². The number of hydrogen-bond donors (Lipinski definition) is 1. The zero-order valence-electron chi connectivity index (χ0n) is 11.4. The number of hydrogen-bond acceptors (Lipinski definition) is 4. The van der Waals surface area contributed by atoms with Gasteiger partial charge in [-0.2, -0.15) is 0 Å². The largest absolute Gasteiger partial charge is 0.397 e. The molecule has 1 rings (SSSR count). The Morgan fingerprint density at radius 2 is 1.94 bits per heavy atom. The molecule has 4 nitrogen and oxygen atoms in total. The van der Waals surface area contributed by atoms with Crippen LogP contribution in [0.25, 0.3) is 0 Å². The number of para-hydroxylation sites is 1. The molecule has 0 atom stereocenters. The van der Waals surface area contributed by atoms with E-state index in [0.29, 0.717) is 12.1 Å². The lowest BCUT2D eigenvalue weighted by molar-refractivity contribution is 0.0203. The minimum atomic E-state index is -3.36. The van der Waals surface area contributed by atoms with Crippen molar-refractivity contribution in [3.05, 3.63) is 23.8 Å². The first-order valence-corrected chi connectivity index (χ1v) is 7.48. The van der Waals surface area contributed by atoms with E-state index in [4.69, 9.17) is 10.5 Å². The highest BCUT2D eigenvalue weighted by Crippen LogP contribution is 2.25. The van der Waals surface area contributed by atoms with Crippen molar-refractivity contribution in [2.45, 2.75) is 37.7 Å². The van der Waals surface area contributed by atoms with E-state index in [2.05, 4.69) is 0 Å². The molecule has 1 aromatic carbocycles. The molecule has 1 aromatic rings. The third-order valence-corrected chi connectivity index (χ3v) is 4.91. The molecule has 0 aliphatic heterocycles. The second-order valence-electron chi connectivity index (χ2n) is 5.02. The number of nitrogens with two attached hydrogens (primary N) is 1. The second-order valence-corrected chi connectivity index (χ2v) is 7.10. The van der Waals surface area contributed by atoms with Gasteiger partial charge in [0.15, 0.2) is 9.84 Å². The van der Waals surface area contributed by atoms with Crippen LogP contribution in [0.15, 0.2) is 23.1 Å². The van der Waals surface area contributed by atoms with Gasteiger partial charge in [0.25, 0.3) is 0 Å². The van der Waals surface area contributed by atoms with Crippen molar-refractivity contribution < 1.29 is 13.2 Å². The van der Waals surface area contributed by atoms with E-state index < -0.39 is 15.4 Å². The van der Waals surface area contributed by atoms with Crippen LogP contribution in [0.2, 0.25) is 0 Å². The van der Waals surface area contributed by atoms with Gasteiger partial charge in [0.05, 0.1) is 21.9 Å². The summed E-state index contributed by atoms with van der Waals surface area (Å²) < 4.78 is 29.7. The Bertz CT molecular complexity index is 521. The van der Waals surface area contributed by atoms with E-state index >= 15 is 0 Å². The van der Waals surface area contributed by atoms with Crippen LogP contribution in [0.5, 0.6) is 0 Å². The summed E-state index contributed by atoms with van der Waals surface area (Å²) in [4.78, 5) is 0.217. The molecule has 0 aliphatic rings. The van der Waals surface area contributed by atoms with Gasteiger partial charge < -0.3 is 10.5 Å². The number of sulfone groups is 1. The Hall–Kier alpha value is -1.07. The van der Waals surface area contributed by atoms with Crippen LogP contribution in [-0.2, 0) is 14.6 Å². The molecule has 0 bridgehead atoms. The first-order valence-electron chi connectivity index (χ1n) is 5.82. The predicted octanol–water partition coefficient (Wildman–Crippen LogP) is 2.17. The molecule has 0 radical (unpaired) electrons. The monoisotopic (exact) mass is 271 g/mol. The van der Waals surface area contributed by atoms with Crippen LogP contribution < -0.4 is 5.73 Å². The molecular formula is C13H21NO3S. The van der Waals surface area contributed by atoms with E-state index in [-0.39, 0.29) is 10.6 Å². The quantitative estimate of drug-likeness (QED) is 0.833. The van der Waals surface area contributed by atoms with Gasteiger partial charge in [0, 0.05) is 7.11 Å². The van der Waals surface area contributed by atoms with Crippen molar-refractivity contribution in [3.63, 3.8) is 0 Å². The highest BCUT2D eigenvalue weighted by atomic mass is 32.2. The van der Waals surface area contributed by atoms with E-state index in [1.165, 1.54) is 0 Å². The number of rotatable bonds is 5. The molecule has 0 aromatic heterocycles. The van der Waals surface area contributed by atoms with Crippen molar-refractivity contribution in [1.82, 2.24) is 0 Å². The maximum Gasteiger partial charge on any atom is 0.180 e. The zero-order chi connectivity index (χ0) is 14.0. The normalized spacial score (nSPS) is 12.7. The molecular weight excluding hydrogens is 250 g/mol. The van der Waals surface area contributed by atoms with E-state index in [0.717, 1.165) is 5.56 Å². The summed E-state index contributed by atoms with van der Waals surface area (Å²) in [6.45, 7) is 5.53. The molecule has 0 saturated heterocycles. The zero-order valence-corrected chi connectivity index (χ0v) is 12.2. The summed E-state index contributed by atoms with van der Waals surface area (Å²) in [5.41, 5.74) is 6.50. The van der Waals surface area contributed by atoms with Gasteiger partial charge in [-0.15, -0.1) is 0 Å². The predicted molar refractivity (Wildman–Crippen MR) is 73.3 cm³/mol. The summed E-state index contributed by atoms with van der Waals surface area (Å²) in [5, 5.41) is 0. The molecule has 0 aliphatic carbocycles. The van der Waals surface area contributed by atoms with Gasteiger partial charge in [0.2, 0.25) is 0 Å². The molecule has 0 spiro atoms. The Morgan fingerprint density at radius 1 is 1.33 bits per heavy atom. The molecule has 2 N–H and O–H groups in total. The smallest absolute Gasteiger partial charge is 0.180 e. The lowest BCUT2D eigenvalue weighted by Crippen LogP contribution is -2.26. The van der Waals surface area contributed by atoms with Crippen LogP contribution in [0.4, 0.5) is 5.69 Å². The average Bonchev–Trinajstić information content (AvgIpc) is 2.30. The first-order chi connectivity index (χ1) is 8.19. The van der Waals surface area contributed by atoms with Gasteiger partial charge in [-0.1, -0.05) is 12.1 Å². The maximum absolute atomic E-state index is 12.2. The lowest BCUT2D eigenvalue weighted by Gasteiger charge is -2.22. The summed E-state index contributed by atoms with van der Waals surface area (Å²) in [7, 11) is -1.78. The minimum absolute atomic E-state index is 0.0293. The SMILES string of the molecule is COC(C)(C)CCS(=O)(=O)c1cccc(C)c1N. The van der Waals surface area contributed by atoms with Gasteiger partial charge >= 0.3 is 0 Å². The fourth-order valence-electron chi connectivity index (χ4n) is 1.52. The molecule has 0 heterocycles. The van der Waals surface area contributed by atoms with Crippen molar-refractivity contribution >= 4 is 15.5 Å². The van der Waals surface area contributed by atoms with Gasteiger partial charge in [-0.25, -0.2) is 8.42 Å². The average molecular weight is 271 g/mol. The Labute approximate surface area is 109 Å². The molecule has 0 unspecified atom stereocenters. The van der Waals surface area contributed by atoms with Gasteiger partial charge in [-0.3, -0.25) is 0 Å². The molecule has 102 valence electrons. The van der Waals surface area contributed by atoms with Crippen molar-refractivity contribution in [2.24, 2.45) is 0 Å². The molecule has 0 saturated carbocycles. The molecule has 5 heteroatoms. The van der Waals surface area contributed by atoms with Gasteiger partial charge in [-0.05, 0) is 38.8 Å². The van der Waals surface area contributed by atoms with Crippen LogP contribution in [0.1, 0.15) is 25.8 Å². The van der Waals surface area contributed by atoms with E-state index in [9.17, 15) is 8.42 Å². The number of nitrogen functional groups attached to an aromatic ring is 1. The van der Waals surface area contributed by atoms with Crippen LogP contribution in [-0.4, -0.2) is 26.9 Å². The van der Waals surface area contributed by atoms with Crippen LogP contribution >= 0.6 is 0 Å². The first kappa shape index (κ1) is 15.0. The summed E-state index contributed by atoms with van der Waals surface area (Å²) >= 11 is 0. The van der Waals surface area contributed by atoms with E-state index in [1.54, 1.807) is 32.2 Å². The summed E-state index contributed by atoms with van der Waals surface area (Å²) in [5.74, 6) is 0.0293. The van der Waals surface area contributed by atoms with E-state index in [1.807, 2.05) is 13.8 Å². The highest BCUT2D eigenvalue weighted by molar-refractivity contribution is 7.91. The number of ether oxygens (including phenoxy) is 1. The van der Waals surface area contributed by atoms with Crippen molar-refractivity contribution in [2.75, 3.05) is 18.6 Å². The number of anilines is 1. The molecule has 0 fully saturated rings. The highest BCUT2D eigenvalue weighted by Gasteiger charge is 2.24. The Balaban J connectivity index is 2.98. The number of benzene rings is 1. The fraction of sp³-hybridized carbons (Fsp3) is 0.538. The fourth-order valence-corrected chi connectivity index (χ4v) is 3.28. The second kappa shape index (κ2) is 5.28. The number of methoxy groups -OCH3 is 1. The summed E-state index contributed by atoms with van der Waals surface area (Å²) in [6.07, 6.45) is 0.430. The minimum Gasteiger partial charge on any atom is -0.397 e. The molecule has 0 amide bonds. The van der Waals surface area contributed by atoms with Crippen LogP contribution in [0.3, 0.4) is 0 Å². The van der Waals surface area contributed by atoms with Crippen LogP contribution in [0, 0.1) is 6.92 Å². The van der Waals surface area contributed by atoms with Crippen molar-refractivity contribution in [1.29, 1.82) is 0 Å². The Kier molecular flexibility index (Phi) is 4.40. The lowest BCUT2D eigenvalue weighted by atomic mass is 10.1. The standard InChI is InChI=1S/C13H21NO3S/c1-10-6-5-7-11(12(10)14)18(15,16)9-8-13(2,3)17-4/h5-7H,8-9,14H2,1-4H3. The Morgan fingerprint density at radius 3 is 2.50 bits per heavy atom. The topological polar surface area (TPSA) is 69.4 Å². The maximum atomic E-state index is 12.2. The van der Waals surface area contributed by atoms with Crippen molar-refractivity contribution in [3.8, 4) is 0 Å². The number of aryl methyl sites for hydroxylation is 1. The third kappa shape index (κ3) is 3.46. The summed E-state index contributed by atoms with van der Waals surface area (Å²) in [6, 6.07) is 5.06.